The molecule has 0 fully saturated rings. The zero-order valence-corrected chi connectivity index (χ0v) is 14.7. The molecule has 2 aromatic carbocycles. The standard InChI is InChI=1S/C19H12F4N2O4/c1-9(26)24-14-4-2-11(19(21,22)23)8-15(14)25-17(27)13-7-10-6-12(20)3-5-16(10)29-18(13)28/h2-8H,1H3,(H,24,26)(H,25,27). The van der Waals surface area contributed by atoms with E-state index in [1.807, 2.05) is 0 Å². The first-order valence-electron chi connectivity index (χ1n) is 8.08. The highest BCUT2D eigenvalue weighted by atomic mass is 19.4. The average molecular weight is 408 g/mol. The minimum absolute atomic E-state index is 0.0333. The lowest BCUT2D eigenvalue weighted by molar-refractivity contribution is -0.137. The maximum atomic E-state index is 13.4. The van der Waals surface area contributed by atoms with Gasteiger partial charge < -0.3 is 15.1 Å². The summed E-state index contributed by atoms with van der Waals surface area (Å²) in [4.78, 5) is 35.9. The van der Waals surface area contributed by atoms with Crippen molar-refractivity contribution in [3.05, 3.63) is 69.8 Å². The van der Waals surface area contributed by atoms with E-state index in [-0.39, 0.29) is 22.3 Å². The number of alkyl halides is 3. The zero-order valence-electron chi connectivity index (χ0n) is 14.7. The molecule has 0 aliphatic heterocycles. The van der Waals surface area contributed by atoms with E-state index in [1.165, 1.54) is 6.07 Å². The molecule has 0 atom stereocenters. The maximum absolute atomic E-state index is 13.4. The van der Waals surface area contributed by atoms with E-state index in [1.54, 1.807) is 0 Å². The van der Waals surface area contributed by atoms with E-state index >= 15 is 0 Å². The molecule has 0 saturated heterocycles. The fourth-order valence-corrected chi connectivity index (χ4v) is 2.56. The normalized spacial score (nSPS) is 11.3. The molecular weight excluding hydrogens is 396 g/mol. The highest BCUT2D eigenvalue weighted by Gasteiger charge is 2.31. The quantitative estimate of drug-likeness (QED) is 0.503. The minimum Gasteiger partial charge on any atom is -0.422 e. The van der Waals surface area contributed by atoms with Crippen LogP contribution in [0, 0.1) is 5.82 Å². The van der Waals surface area contributed by atoms with Gasteiger partial charge >= 0.3 is 11.8 Å². The molecule has 3 rings (SSSR count). The zero-order chi connectivity index (χ0) is 21.3. The van der Waals surface area contributed by atoms with Gasteiger partial charge in [0.25, 0.3) is 5.91 Å². The number of fused-ring (bicyclic) bond motifs is 1. The van der Waals surface area contributed by atoms with Crippen LogP contribution in [-0.4, -0.2) is 11.8 Å². The number of carbonyl (C=O) groups excluding carboxylic acids is 2. The topological polar surface area (TPSA) is 88.4 Å². The molecule has 29 heavy (non-hydrogen) atoms. The second-order valence-electron chi connectivity index (χ2n) is 6.02. The van der Waals surface area contributed by atoms with Crippen LogP contribution < -0.4 is 16.3 Å². The van der Waals surface area contributed by atoms with Crippen molar-refractivity contribution in [1.82, 2.24) is 0 Å². The van der Waals surface area contributed by atoms with Crippen molar-refractivity contribution in [3.63, 3.8) is 0 Å². The number of rotatable bonds is 3. The van der Waals surface area contributed by atoms with Crippen LogP contribution in [0.4, 0.5) is 28.9 Å². The summed E-state index contributed by atoms with van der Waals surface area (Å²) in [6.45, 7) is 1.13. The Morgan fingerprint density at radius 1 is 0.966 bits per heavy atom. The molecule has 0 saturated carbocycles. The Hall–Kier alpha value is -3.69. The highest BCUT2D eigenvalue weighted by molar-refractivity contribution is 6.08. The van der Waals surface area contributed by atoms with Crippen LogP contribution in [0.5, 0.6) is 0 Å². The Morgan fingerprint density at radius 2 is 1.69 bits per heavy atom. The lowest BCUT2D eigenvalue weighted by atomic mass is 10.1. The van der Waals surface area contributed by atoms with Crippen LogP contribution in [0.1, 0.15) is 22.8 Å². The van der Waals surface area contributed by atoms with Crippen LogP contribution >= 0.6 is 0 Å². The van der Waals surface area contributed by atoms with Gasteiger partial charge in [-0.05, 0) is 42.5 Å². The Morgan fingerprint density at radius 3 is 2.34 bits per heavy atom. The smallest absolute Gasteiger partial charge is 0.416 e. The first-order valence-corrected chi connectivity index (χ1v) is 8.08. The predicted molar refractivity (Wildman–Crippen MR) is 96.1 cm³/mol. The van der Waals surface area contributed by atoms with E-state index in [4.69, 9.17) is 4.42 Å². The van der Waals surface area contributed by atoms with Gasteiger partial charge in [0.1, 0.15) is 17.0 Å². The molecule has 3 aromatic rings. The summed E-state index contributed by atoms with van der Waals surface area (Å²) in [6.07, 6.45) is -4.70. The summed E-state index contributed by atoms with van der Waals surface area (Å²) in [5.41, 5.74) is -3.13. The third-order valence-electron chi connectivity index (χ3n) is 3.84. The number of amides is 2. The van der Waals surface area contributed by atoms with Crippen molar-refractivity contribution in [1.29, 1.82) is 0 Å². The van der Waals surface area contributed by atoms with Crippen LogP contribution in [-0.2, 0) is 11.0 Å². The summed E-state index contributed by atoms with van der Waals surface area (Å²) in [5.74, 6) is -2.31. The summed E-state index contributed by atoms with van der Waals surface area (Å²) in [6, 6.07) is 6.67. The second-order valence-corrected chi connectivity index (χ2v) is 6.02. The molecule has 2 N–H and O–H groups in total. The Labute approximate surface area is 160 Å². The Bertz CT molecular complexity index is 1190. The molecule has 0 spiro atoms. The van der Waals surface area contributed by atoms with Gasteiger partial charge in [-0.15, -0.1) is 0 Å². The van der Waals surface area contributed by atoms with Gasteiger partial charge in [-0.25, -0.2) is 9.18 Å². The molecule has 0 bridgehead atoms. The number of halogens is 4. The highest BCUT2D eigenvalue weighted by Crippen LogP contribution is 2.34. The fourth-order valence-electron chi connectivity index (χ4n) is 2.56. The molecular formula is C19H12F4N2O4. The van der Waals surface area contributed by atoms with Crippen LogP contribution in [0.25, 0.3) is 11.0 Å². The molecule has 1 heterocycles. The molecule has 0 unspecified atom stereocenters. The van der Waals surface area contributed by atoms with Gasteiger partial charge in [0.15, 0.2) is 0 Å². The number of benzene rings is 2. The average Bonchev–Trinajstić information content (AvgIpc) is 2.61. The predicted octanol–water partition coefficient (Wildman–Crippen LogP) is 4.16. The van der Waals surface area contributed by atoms with E-state index in [9.17, 15) is 31.9 Å². The van der Waals surface area contributed by atoms with Gasteiger partial charge in [0.05, 0.1) is 16.9 Å². The van der Waals surface area contributed by atoms with Crippen molar-refractivity contribution in [2.24, 2.45) is 0 Å². The summed E-state index contributed by atoms with van der Waals surface area (Å²) in [5, 5.41) is 4.56. The second kappa shape index (κ2) is 7.38. The lowest BCUT2D eigenvalue weighted by Crippen LogP contribution is -2.22. The molecule has 150 valence electrons. The number of nitrogens with one attached hydrogen (secondary N) is 2. The van der Waals surface area contributed by atoms with Crippen molar-refractivity contribution < 1.29 is 31.6 Å². The Kier molecular flexibility index (Phi) is 5.10. The molecule has 1 aromatic heterocycles. The molecule has 0 aliphatic rings. The fraction of sp³-hybridized carbons (Fsp3) is 0.105. The van der Waals surface area contributed by atoms with Gasteiger partial charge in [-0.3, -0.25) is 9.59 Å². The van der Waals surface area contributed by atoms with Crippen LogP contribution in [0.3, 0.4) is 0 Å². The first-order chi connectivity index (χ1) is 13.5. The molecule has 6 nitrogen and oxygen atoms in total. The Balaban J connectivity index is 2.03. The summed E-state index contributed by atoms with van der Waals surface area (Å²) in [7, 11) is 0. The van der Waals surface area contributed by atoms with Crippen LogP contribution in [0.15, 0.2) is 51.7 Å². The number of anilines is 2. The van der Waals surface area contributed by atoms with Crippen molar-refractivity contribution in [3.8, 4) is 0 Å². The summed E-state index contributed by atoms with van der Waals surface area (Å²) >= 11 is 0. The monoisotopic (exact) mass is 408 g/mol. The summed E-state index contributed by atoms with van der Waals surface area (Å²) < 4.78 is 57.3. The SMILES string of the molecule is CC(=O)Nc1ccc(C(F)(F)F)cc1NC(=O)c1cc2cc(F)ccc2oc1=O. The molecule has 0 aliphatic carbocycles. The van der Waals surface area contributed by atoms with Gasteiger partial charge in [0.2, 0.25) is 5.91 Å². The maximum Gasteiger partial charge on any atom is 0.416 e. The van der Waals surface area contributed by atoms with E-state index in [0.29, 0.717) is 6.07 Å². The van der Waals surface area contributed by atoms with Crippen molar-refractivity contribution >= 4 is 34.2 Å². The number of hydrogen-bond acceptors (Lipinski definition) is 4. The van der Waals surface area contributed by atoms with E-state index in [0.717, 1.165) is 37.3 Å². The first kappa shape index (κ1) is 20.1. The number of hydrogen-bond donors (Lipinski definition) is 2. The molecule has 2 amide bonds. The molecule has 10 heteroatoms. The van der Waals surface area contributed by atoms with Gasteiger partial charge in [-0.1, -0.05) is 0 Å². The van der Waals surface area contributed by atoms with Gasteiger partial charge in [0, 0.05) is 12.3 Å². The van der Waals surface area contributed by atoms with Crippen LogP contribution in [0.2, 0.25) is 0 Å². The third-order valence-corrected chi connectivity index (χ3v) is 3.84. The van der Waals surface area contributed by atoms with E-state index < -0.39 is 40.6 Å². The molecule has 0 radical (unpaired) electrons. The number of carbonyl (C=O) groups is 2. The van der Waals surface area contributed by atoms with Gasteiger partial charge in [-0.2, -0.15) is 13.2 Å². The third kappa shape index (κ3) is 4.42. The largest absolute Gasteiger partial charge is 0.422 e. The van der Waals surface area contributed by atoms with Crippen molar-refractivity contribution in [2.75, 3.05) is 10.6 Å². The minimum atomic E-state index is -4.70. The van der Waals surface area contributed by atoms with E-state index in [2.05, 4.69) is 10.6 Å². The lowest BCUT2D eigenvalue weighted by Gasteiger charge is -2.14. The van der Waals surface area contributed by atoms with Crippen molar-refractivity contribution in [2.45, 2.75) is 13.1 Å².